The molecule has 2 aromatic carbocycles. The van der Waals surface area contributed by atoms with Crippen molar-refractivity contribution in [1.82, 2.24) is 4.90 Å². The summed E-state index contributed by atoms with van der Waals surface area (Å²) in [6.45, 7) is 7.59. The van der Waals surface area contributed by atoms with E-state index >= 15 is 0 Å². The van der Waals surface area contributed by atoms with Crippen molar-refractivity contribution in [3.8, 4) is 5.75 Å². The van der Waals surface area contributed by atoms with Crippen LogP contribution < -0.4 is 4.74 Å². The molecule has 0 heterocycles. The normalized spacial score (nSPS) is 12.2. The quantitative estimate of drug-likeness (QED) is 0.485. The Morgan fingerprint density at radius 3 is 2.37 bits per heavy atom. The molecule has 162 valence electrons. The molecule has 6 nitrogen and oxygen atoms in total. The molecule has 7 heteroatoms. The number of benzene rings is 2. The van der Waals surface area contributed by atoms with Gasteiger partial charge in [-0.15, -0.1) is 0 Å². The Morgan fingerprint density at radius 2 is 1.80 bits per heavy atom. The zero-order valence-corrected chi connectivity index (χ0v) is 19.9. The maximum absolute atomic E-state index is 12.6. The van der Waals surface area contributed by atoms with Gasteiger partial charge in [0.05, 0.1) is 0 Å². The highest BCUT2D eigenvalue weighted by Crippen LogP contribution is 2.26. The summed E-state index contributed by atoms with van der Waals surface area (Å²) in [6.07, 6.45) is -0.529. The summed E-state index contributed by atoms with van der Waals surface area (Å²) in [7, 11) is 0. The highest BCUT2D eigenvalue weighted by Gasteiger charge is 2.32. The van der Waals surface area contributed by atoms with Crippen LogP contribution in [0.25, 0.3) is 0 Å². The van der Waals surface area contributed by atoms with E-state index in [2.05, 4.69) is 22.6 Å². The maximum atomic E-state index is 12.6. The molecule has 0 bridgehead atoms. The molecule has 0 radical (unpaired) electrons. The molecule has 1 atom stereocenters. The average Bonchev–Trinajstić information content (AvgIpc) is 2.66. The van der Waals surface area contributed by atoms with Crippen molar-refractivity contribution in [2.45, 2.75) is 52.4 Å². The fraction of sp³-hybridized carbons (Fsp3) is 0.391. The van der Waals surface area contributed by atoms with Crippen molar-refractivity contribution in [3.05, 3.63) is 63.2 Å². The molecule has 0 saturated carbocycles. The number of hydrogen-bond donors (Lipinski definition) is 1. The second kappa shape index (κ2) is 10.7. The highest BCUT2D eigenvalue weighted by molar-refractivity contribution is 14.1. The van der Waals surface area contributed by atoms with E-state index in [-0.39, 0.29) is 13.0 Å². The molecule has 1 amide bonds. The third-order valence-corrected chi connectivity index (χ3v) is 4.97. The van der Waals surface area contributed by atoms with E-state index in [0.29, 0.717) is 12.4 Å². The summed E-state index contributed by atoms with van der Waals surface area (Å²) in [6, 6.07) is 14.3. The molecular formula is C23H28INO5. The van der Waals surface area contributed by atoms with E-state index in [1.807, 2.05) is 48.5 Å². The number of carboxylic acids is 1. The Hall–Kier alpha value is -2.29. The van der Waals surface area contributed by atoms with Crippen molar-refractivity contribution in [2.75, 3.05) is 6.54 Å². The topological polar surface area (TPSA) is 76.1 Å². The lowest BCUT2D eigenvalue weighted by atomic mass is 10.0. The summed E-state index contributed by atoms with van der Waals surface area (Å²) in [5.41, 5.74) is 1.03. The molecule has 0 aliphatic rings. The number of rotatable bonds is 8. The van der Waals surface area contributed by atoms with Gasteiger partial charge in [-0.05, 0) is 79.6 Å². The summed E-state index contributed by atoms with van der Waals surface area (Å²) >= 11 is 2.18. The molecule has 1 unspecified atom stereocenters. The van der Waals surface area contributed by atoms with Crippen molar-refractivity contribution in [2.24, 2.45) is 0 Å². The molecule has 0 saturated heterocycles. The van der Waals surface area contributed by atoms with Crippen LogP contribution in [0.5, 0.6) is 5.75 Å². The number of halogens is 1. The first-order valence-electron chi connectivity index (χ1n) is 9.78. The SMILES string of the molecule is CCN(C(=O)OC(C)(C)C)C(Cc1cc(I)ccc1OCc1ccccc1)C(=O)O. The average molecular weight is 525 g/mol. The van der Waals surface area contributed by atoms with E-state index in [9.17, 15) is 14.7 Å². The van der Waals surface area contributed by atoms with Crippen LogP contribution in [0.1, 0.15) is 38.8 Å². The van der Waals surface area contributed by atoms with E-state index in [1.54, 1.807) is 27.7 Å². The van der Waals surface area contributed by atoms with E-state index in [1.165, 1.54) is 4.90 Å². The van der Waals surface area contributed by atoms with Gasteiger partial charge in [-0.3, -0.25) is 4.90 Å². The second-order valence-corrected chi connectivity index (χ2v) is 9.10. The Bertz CT molecular complexity index is 864. The van der Waals surface area contributed by atoms with Gasteiger partial charge >= 0.3 is 12.1 Å². The van der Waals surface area contributed by atoms with Crippen LogP contribution in [0, 0.1) is 3.57 Å². The van der Waals surface area contributed by atoms with Gasteiger partial charge in [0, 0.05) is 16.5 Å². The lowest BCUT2D eigenvalue weighted by Gasteiger charge is -2.31. The molecule has 0 aliphatic heterocycles. The van der Waals surface area contributed by atoms with Crippen molar-refractivity contribution >= 4 is 34.7 Å². The number of carboxylic acid groups (broad SMARTS) is 1. The van der Waals surface area contributed by atoms with Crippen LogP contribution in [0.2, 0.25) is 0 Å². The van der Waals surface area contributed by atoms with Gasteiger partial charge in [-0.2, -0.15) is 0 Å². The van der Waals surface area contributed by atoms with Crippen molar-refractivity contribution in [1.29, 1.82) is 0 Å². The number of hydrogen-bond acceptors (Lipinski definition) is 4. The van der Waals surface area contributed by atoms with Gasteiger partial charge in [0.25, 0.3) is 0 Å². The van der Waals surface area contributed by atoms with Crippen LogP contribution in [-0.2, 0) is 22.6 Å². The monoisotopic (exact) mass is 525 g/mol. The van der Waals surface area contributed by atoms with Gasteiger partial charge in [-0.1, -0.05) is 30.3 Å². The van der Waals surface area contributed by atoms with Crippen LogP contribution in [-0.4, -0.2) is 40.3 Å². The number of amides is 1. The van der Waals surface area contributed by atoms with Crippen LogP contribution >= 0.6 is 22.6 Å². The molecule has 30 heavy (non-hydrogen) atoms. The Balaban J connectivity index is 2.26. The molecule has 2 aromatic rings. The van der Waals surface area contributed by atoms with E-state index in [4.69, 9.17) is 9.47 Å². The first-order chi connectivity index (χ1) is 14.1. The van der Waals surface area contributed by atoms with Crippen LogP contribution in [0.15, 0.2) is 48.5 Å². The molecule has 2 rings (SSSR count). The molecular weight excluding hydrogens is 497 g/mol. The van der Waals surface area contributed by atoms with Crippen LogP contribution in [0.3, 0.4) is 0 Å². The lowest BCUT2D eigenvalue weighted by Crippen LogP contribution is -2.48. The van der Waals surface area contributed by atoms with Gasteiger partial charge in [0.1, 0.15) is 24.0 Å². The minimum Gasteiger partial charge on any atom is -0.489 e. The molecule has 1 N–H and O–H groups in total. The number of carbonyl (C=O) groups is 2. The summed E-state index contributed by atoms with van der Waals surface area (Å²) in [5, 5.41) is 9.86. The number of aliphatic carboxylic acids is 1. The Kier molecular flexibility index (Phi) is 8.52. The minimum atomic E-state index is -1.09. The Morgan fingerprint density at radius 1 is 1.13 bits per heavy atom. The zero-order chi connectivity index (χ0) is 22.3. The van der Waals surface area contributed by atoms with Gasteiger partial charge in [-0.25, -0.2) is 9.59 Å². The number of carbonyl (C=O) groups excluding carboxylic acids is 1. The first kappa shape index (κ1) is 24.0. The third kappa shape index (κ3) is 7.19. The van der Waals surface area contributed by atoms with Gasteiger partial charge in [0.15, 0.2) is 0 Å². The third-order valence-electron chi connectivity index (χ3n) is 4.30. The Labute approximate surface area is 191 Å². The first-order valence-corrected chi connectivity index (χ1v) is 10.9. The molecule has 0 aliphatic carbocycles. The fourth-order valence-corrected chi connectivity index (χ4v) is 3.48. The predicted octanol–water partition coefficient (Wildman–Crippen LogP) is 5.12. The summed E-state index contributed by atoms with van der Waals surface area (Å²) in [4.78, 5) is 25.9. The second-order valence-electron chi connectivity index (χ2n) is 7.85. The summed E-state index contributed by atoms with van der Waals surface area (Å²) < 4.78 is 12.3. The van der Waals surface area contributed by atoms with E-state index in [0.717, 1.165) is 14.7 Å². The maximum Gasteiger partial charge on any atom is 0.411 e. The fourth-order valence-electron chi connectivity index (χ4n) is 2.92. The van der Waals surface area contributed by atoms with Gasteiger partial charge < -0.3 is 14.6 Å². The number of likely N-dealkylation sites (N-methyl/N-ethyl adjacent to an activating group) is 1. The van der Waals surface area contributed by atoms with Crippen molar-refractivity contribution in [3.63, 3.8) is 0 Å². The minimum absolute atomic E-state index is 0.114. The standard InChI is InChI=1S/C23H28INO5/c1-5-25(22(28)30-23(2,3)4)19(21(26)27)14-17-13-18(24)11-12-20(17)29-15-16-9-7-6-8-10-16/h6-13,19H,5,14-15H2,1-4H3,(H,26,27). The highest BCUT2D eigenvalue weighted by atomic mass is 127. The predicted molar refractivity (Wildman–Crippen MR) is 124 cm³/mol. The van der Waals surface area contributed by atoms with Crippen molar-refractivity contribution < 1.29 is 24.2 Å². The number of nitrogens with zero attached hydrogens (tertiary/aromatic N) is 1. The van der Waals surface area contributed by atoms with Gasteiger partial charge in [0.2, 0.25) is 0 Å². The van der Waals surface area contributed by atoms with Crippen LogP contribution in [0.4, 0.5) is 4.79 Å². The molecule has 0 aromatic heterocycles. The summed E-state index contributed by atoms with van der Waals surface area (Å²) in [5.74, 6) is -0.485. The number of ether oxygens (including phenoxy) is 2. The lowest BCUT2D eigenvalue weighted by molar-refractivity contribution is -0.143. The van der Waals surface area contributed by atoms with E-state index < -0.39 is 23.7 Å². The smallest absolute Gasteiger partial charge is 0.411 e. The largest absolute Gasteiger partial charge is 0.489 e. The molecule has 0 spiro atoms. The zero-order valence-electron chi connectivity index (χ0n) is 17.7. The molecule has 0 fully saturated rings.